The minimum Gasteiger partial charge on any atom is -0.457 e. The van der Waals surface area contributed by atoms with Crippen molar-refractivity contribution in [3.05, 3.63) is 59.2 Å². The first kappa shape index (κ1) is 15.6. The predicted octanol–water partition coefficient (Wildman–Crippen LogP) is 5.02. The Morgan fingerprint density at radius 3 is 2.38 bits per heavy atom. The van der Waals surface area contributed by atoms with Crippen molar-refractivity contribution >= 4 is 0 Å². The van der Waals surface area contributed by atoms with Crippen LogP contribution in [0.1, 0.15) is 43.4 Å². The lowest BCUT2D eigenvalue weighted by atomic mass is 10.0. The highest BCUT2D eigenvalue weighted by atomic mass is 16.5. The Morgan fingerprint density at radius 2 is 1.76 bits per heavy atom. The summed E-state index contributed by atoms with van der Waals surface area (Å²) in [6.07, 6.45) is 0. The molecule has 1 N–H and O–H groups in total. The van der Waals surface area contributed by atoms with E-state index in [9.17, 15) is 0 Å². The Balaban J connectivity index is 2.16. The molecule has 2 rings (SSSR count). The van der Waals surface area contributed by atoms with Crippen molar-refractivity contribution in [1.29, 1.82) is 0 Å². The van der Waals surface area contributed by atoms with E-state index >= 15 is 0 Å². The van der Waals surface area contributed by atoms with Crippen molar-refractivity contribution in [3.8, 4) is 11.5 Å². The molecule has 0 radical (unpaired) electrons. The molecule has 0 amide bonds. The highest BCUT2D eigenvalue weighted by molar-refractivity contribution is 5.42. The van der Waals surface area contributed by atoms with Crippen LogP contribution in [0, 0.1) is 6.92 Å². The summed E-state index contributed by atoms with van der Waals surface area (Å²) in [6.45, 7) is 10.5. The number of aryl methyl sites for hydroxylation is 1. The number of benzene rings is 2. The third-order valence-electron chi connectivity index (χ3n) is 3.52. The molecule has 0 aliphatic rings. The van der Waals surface area contributed by atoms with Gasteiger partial charge in [-0.3, -0.25) is 0 Å². The third-order valence-corrected chi connectivity index (χ3v) is 3.52. The van der Waals surface area contributed by atoms with Crippen LogP contribution in [0.3, 0.4) is 0 Å². The van der Waals surface area contributed by atoms with Gasteiger partial charge in [0.25, 0.3) is 0 Å². The largest absolute Gasteiger partial charge is 0.457 e. The summed E-state index contributed by atoms with van der Waals surface area (Å²) >= 11 is 0. The summed E-state index contributed by atoms with van der Waals surface area (Å²) in [7, 11) is 0. The molecule has 2 heteroatoms. The Labute approximate surface area is 128 Å². The lowest BCUT2D eigenvalue weighted by Crippen LogP contribution is -2.11. The molecule has 0 aliphatic heterocycles. The van der Waals surface area contributed by atoms with E-state index < -0.39 is 0 Å². The van der Waals surface area contributed by atoms with Crippen LogP contribution in [0.15, 0.2) is 42.5 Å². The zero-order valence-electron chi connectivity index (χ0n) is 13.4. The predicted molar refractivity (Wildman–Crippen MR) is 89.2 cm³/mol. The van der Waals surface area contributed by atoms with Gasteiger partial charge in [-0.15, -0.1) is 0 Å². The van der Waals surface area contributed by atoms with E-state index in [-0.39, 0.29) is 0 Å². The van der Waals surface area contributed by atoms with E-state index in [1.54, 1.807) is 0 Å². The molecule has 0 spiro atoms. The molecule has 0 saturated carbocycles. The van der Waals surface area contributed by atoms with Gasteiger partial charge in [-0.25, -0.2) is 0 Å². The van der Waals surface area contributed by atoms with Gasteiger partial charge < -0.3 is 10.1 Å². The van der Waals surface area contributed by atoms with Gasteiger partial charge in [0.1, 0.15) is 11.5 Å². The number of nitrogens with one attached hydrogen (secondary N) is 1. The average Bonchev–Trinajstić information content (AvgIpc) is 2.46. The summed E-state index contributed by atoms with van der Waals surface area (Å²) in [6, 6.07) is 14.7. The van der Waals surface area contributed by atoms with Crippen molar-refractivity contribution in [2.24, 2.45) is 0 Å². The standard InChI is InChI=1S/C19H25NO/c1-5-20-13-16-7-9-17(10-8-16)21-19-12-15(4)6-11-18(19)14(2)3/h6-12,14,20H,5,13H2,1-4H3. The first-order valence-electron chi connectivity index (χ1n) is 7.68. The number of hydrogen-bond donors (Lipinski definition) is 1. The van der Waals surface area contributed by atoms with Gasteiger partial charge in [0, 0.05) is 6.54 Å². The van der Waals surface area contributed by atoms with Crippen LogP contribution in [0.5, 0.6) is 11.5 Å². The van der Waals surface area contributed by atoms with Crippen LogP contribution in [0.4, 0.5) is 0 Å². The van der Waals surface area contributed by atoms with Crippen molar-refractivity contribution in [1.82, 2.24) is 5.32 Å². The molecule has 0 bridgehead atoms. The molecular weight excluding hydrogens is 258 g/mol. The molecule has 2 nitrogen and oxygen atoms in total. The number of rotatable bonds is 6. The Hall–Kier alpha value is -1.80. The summed E-state index contributed by atoms with van der Waals surface area (Å²) in [5.41, 5.74) is 3.74. The van der Waals surface area contributed by atoms with Gasteiger partial charge in [0.05, 0.1) is 0 Å². The Kier molecular flexibility index (Phi) is 5.40. The van der Waals surface area contributed by atoms with Crippen LogP contribution < -0.4 is 10.1 Å². The summed E-state index contributed by atoms with van der Waals surface area (Å²) < 4.78 is 6.09. The van der Waals surface area contributed by atoms with Gasteiger partial charge in [0.15, 0.2) is 0 Å². The normalized spacial score (nSPS) is 10.9. The molecule has 112 valence electrons. The van der Waals surface area contributed by atoms with Gasteiger partial charge >= 0.3 is 0 Å². The molecule has 0 heterocycles. The van der Waals surface area contributed by atoms with Crippen LogP contribution in [0.25, 0.3) is 0 Å². The van der Waals surface area contributed by atoms with Crippen molar-refractivity contribution in [3.63, 3.8) is 0 Å². The zero-order valence-corrected chi connectivity index (χ0v) is 13.4. The maximum Gasteiger partial charge on any atom is 0.131 e. The monoisotopic (exact) mass is 283 g/mol. The molecule has 21 heavy (non-hydrogen) atoms. The third kappa shape index (κ3) is 4.33. The molecule has 2 aromatic carbocycles. The lowest BCUT2D eigenvalue weighted by Gasteiger charge is -2.15. The lowest BCUT2D eigenvalue weighted by molar-refractivity contribution is 0.472. The molecule has 2 aromatic rings. The van der Waals surface area contributed by atoms with Crippen LogP contribution in [-0.2, 0) is 6.54 Å². The summed E-state index contributed by atoms with van der Waals surface area (Å²) in [5, 5.41) is 3.32. The van der Waals surface area contributed by atoms with E-state index in [0.717, 1.165) is 24.6 Å². The fourth-order valence-corrected chi connectivity index (χ4v) is 2.28. The first-order valence-corrected chi connectivity index (χ1v) is 7.68. The quantitative estimate of drug-likeness (QED) is 0.803. The fraction of sp³-hybridized carbons (Fsp3) is 0.368. The minimum absolute atomic E-state index is 0.452. The smallest absolute Gasteiger partial charge is 0.131 e. The van der Waals surface area contributed by atoms with E-state index in [1.165, 1.54) is 16.7 Å². The Bertz CT molecular complexity index is 573. The number of hydrogen-bond acceptors (Lipinski definition) is 2. The van der Waals surface area contributed by atoms with Crippen molar-refractivity contribution in [2.75, 3.05) is 6.54 Å². The molecule has 0 saturated heterocycles. The molecule has 0 unspecified atom stereocenters. The summed E-state index contributed by atoms with van der Waals surface area (Å²) in [5.74, 6) is 2.31. The zero-order chi connectivity index (χ0) is 15.2. The second-order valence-electron chi connectivity index (χ2n) is 5.72. The minimum atomic E-state index is 0.452. The van der Waals surface area contributed by atoms with E-state index in [2.05, 4.69) is 63.3 Å². The molecular formula is C19H25NO. The fourth-order valence-electron chi connectivity index (χ4n) is 2.28. The highest BCUT2D eigenvalue weighted by Crippen LogP contribution is 2.31. The maximum absolute atomic E-state index is 6.09. The highest BCUT2D eigenvalue weighted by Gasteiger charge is 2.09. The topological polar surface area (TPSA) is 21.3 Å². The maximum atomic E-state index is 6.09. The molecule has 0 aliphatic carbocycles. The van der Waals surface area contributed by atoms with Crippen molar-refractivity contribution in [2.45, 2.75) is 40.2 Å². The second-order valence-corrected chi connectivity index (χ2v) is 5.72. The van der Waals surface area contributed by atoms with Crippen LogP contribution >= 0.6 is 0 Å². The second kappa shape index (κ2) is 7.28. The van der Waals surface area contributed by atoms with Gasteiger partial charge in [-0.1, -0.05) is 45.0 Å². The molecule has 0 atom stereocenters. The van der Waals surface area contributed by atoms with E-state index in [1.807, 2.05) is 12.1 Å². The average molecular weight is 283 g/mol. The van der Waals surface area contributed by atoms with E-state index in [4.69, 9.17) is 4.74 Å². The van der Waals surface area contributed by atoms with Crippen LogP contribution in [0.2, 0.25) is 0 Å². The van der Waals surface area contributed by atoms with Gasteiger partial charge in [-0.2, -0.15) is 0 Å². The summed E-state index contributed by atoms with van der Waals surface area (Å²) in [4.78, 5) is 0. The van der Waals surface area contributed by atoms with Gasteiger partial charge in [-0.05, 0) is 54.3 Å². The Morgan fingerprint density at radius 1 is 1.05 bits per heavy atom. The van der Waals surface area contributed by atoms with E-state index in [0.29, 0.717) is 5.92 Å². The molecule has 0 fully saturated rings. The van der Waals surface area contributed by atoms with Gasteiger partial charge in [0.2, 0.25) is 0 Å². The number of ether oxygens (including phenoxy) is 1. The molecule has 0 aromatic heterocycles. The SMILES string of the molecule is CCNCc1ccc(Oc2cc(C)ccc2C(C)C)cc1. The van der Waals surface area contributed by atoms with Crippen LogP contribution in [-0.4, -0.2) is 6.54 Å². The first-order chi connectivity index (χ1) is 10.1. The van der Waals surface area contributed by atoms with Crippen molar-refractivity contribution < 1.29 is 4.74 Å².